The zero-order valence-corrected chi connectivity index (χ0v) is 10.8. The van der Waals surface area contributed by atoms with Crippen LogP contribution in [0, 0.1) is 0 Å². The van der Waals surface area contributed by atoms with Crippen molar-refractivity contribution < 1.29 is 13.5 Å². The fourth-order valence-electron chi connectivity index (χ4n) is 3.20. The van der Waals surface area contributed by atoms with Gasteiger partial charge in [0.05, 0.1) is 22.4 Å². The Morgan fingerprint density at radius 1 is 1.22 bits per heavy atom. The van der Waals surface area contributed by atoms with Crippen LogP contribution in [-0.4, -0.2) is 34.0 Å². The average molecular weight is 268 g/mol. The van der Waals surface area contributed by atoms with Gasteiger partial charge in [0.2, 0.25) is 0 Å². The van der Waals surface area contributed by atoms with Crippen LogP contribution in [0.15, 0.2) is 18.6 Å². The zero-order valence-electron chi connectivity index (χ0n) is 9.99. The Labute approximate surface area is 106 Å². The summed E-state index contributed by atoms with van der Waals surface area (Å²) in [6.07, 6.45) is 7.37. The van der Waals surface area contributed by atoms with E-state index >= 15 is 0 Å². The predicted molar refractivity (Wildman–Crippen MR) is 65.5 cm³/mol. The molecule has 18 heavy (non-hydrogen) atoms. The third-order valence-electron chi connectivity index (χ3n) is 4.15. The number of rotatable bonds is 1. The maximum Gasteiger partial charge on any atom is 0.156 e. The number of aromatic nitrogens is 2. The molecule has 2 bridgehead atoms. The first kappa shape index (κ1) is 12.0. The molecule has 2 aliphatic rings. The van der Waals surface area contributed by atoms with E-state index in [-0.39, 0.29) is 12.8 Å². The maximum atomic E-state index is 12.2. The van der Waals surface area contributed by atoms with Crippen molar-refractivity contribution in [2.45, 2.75) is 48.2 Å². The third-order valence-corrected chi connectivity index (χ3v) is 6.82. The standard InChI is InChI=1S/C12H16N2O3S/c15-12(11-8-13-4-5-14-11)6-9-2-1-3-10(7-12)18(9,16)17/h4-5,8-10,15H,1-3,6-7H2. The molecule has 1 aromatic heterocycles. The molecule has 0 radical (unpaired) electrons. The summed E-state index contributed by atoms with van der Waals surface area (Å²) in [5, 5.41) is 9.87. The number of hydrogen-bond acceptors (Lipinski definition) is 5. The molecule has 0 spiro atoms. The van der Waals surface area contributed by atoms with Crippen LogP contribution in [0.5, 0.6) is 0 Å². The predicted octanol–water partition coefficient (Wildman–Crippen LogP) is 0.794. The van der Waals surface area contributed by atoms with E-state index in [1.807, 2.05) is 0 Å². The van der Waals surface area contributed by atoms with Crippen LogP contribution in [0.2, 0.25) is 0 Å². The van der Waals surface area contributed by atoms with E-state index in [0.717, 1.165) is 6.42 Å². The van der Waals surface area contributed by atoms with Gasteiger partial charge < -0.3 is 5.11 Å². The lowest BCUT2D eigenvalue weighted by atomic mass is 9.83. The van der Waals surface area contributed by atoms with E-state index in [9.17, 15) is 13.5 Å². The fraction of sp³-hybridized carbons (Fsp3) is 0.667. The Kier molecular flexibility index (Phi) is 2.67. The van der Waals surface area contributed by atoms with Crippen LogP contribution < -0.4 is 0 Å². The molecule has 0 amide bonds. The topological polar surface area (TPSA) is 80.2 Å². The second-order valence-electron chi connectivity index (χ2n) is 5.29. The summed E-state index contributed by atoms with van der Waals surface area (Å²) < 4.78 is 24.3. The van der Waals surface area contributed by atoms with Crippen LogP contribution in [-0.2, 0) is 15.4 Å². The lowest BCUT2D eigenvalue weighted by molar-refractivity contribution is 0.000645. The summed E-state index contributed by atoms with van der Waals surface area (Å²) in [6.45, 7) is 0. The molecule has 3 rings (SSSR count). The second kappa shape index (κ2) is 3.99. The van der Waals surface area contributed by atoms with E-state index in [2.05, 4.69) is 9.97 Å². The van der Waals surface area contributed by atoms with Crippen molar-refractivity contribution in [1.29, 1.82) is 0 Å². The lowest BCUT2D eigenvalue weighted by Crippen LogP contribution is -2.50. The molecule has 1 aromatic rings. The van der Waals surface area contributed by atoms with Gasteiger partial charge in [-0.1, -0.05) is 6.42 Å². The monoisotopic (exact) mass is 268 g/mol. The fourth-order valence-corrected chi connectivity index (χ4v) is 5.75. The molecule has 0 saturated carbocycles. The number of sulfone groups is 1. The number of nitrogens with zero attached hydrogens (tertiary/aromatic N) is 2. The highest BCUT2D eigenvalue weighted by Crippen LogP contribution is 2.45. The molecule has 6 heteroatoms. The van der Waals surface area contributed by atoms with Gasteiger partial charge >= 0.3 is 0 Å². The normalized spacial score (nSPS) is 38.3. The summed E-state index contributed by atoms with van der Waals surface area (Å²) in [6, 6.07) is 0. The molecule has 2 atom stereocenters. The minimum absolute atomic E-state index is 0.254. The van der Waals surface area contributed by atoms with Gasteiger partial charge in [-0.2, -0.15) is 0 Å². The Bertz CT molecular complexity index is 524. The molecule has 2 unspecified atom stereocenters. The maximum absolute atomic E-state index is 12.2. The molecule has 2 saturated heterocycles. The Balaban J connectivity index is 1.98. The van der Waals surface area contributed by atoms with Gasteiger partial charge in [0.25, 0.3) is 0 Å². The van der Waals surface area contributed by atoms with Crippen molar-refractivity contribution in [3.05, 3.63) is 24.3 Å². The van der Waals surface area contributed by atoms with Crippen molar-refractivity contribution >= 4 is 9.84 Å². The molecule has 2 aliphatic heterocycles. The molecule has 1 N–H and O–H groups in total. The van der Waals surface area contributed by atoms with Crippen molar-refractivity contribution in [3.8, 4) is 0 Å². The molecule has 3 heterocycles. The van der Waals surface area contributed by atoms with E-state index in [0.29, 0.717) is 18.5 Å². The van der Waals surface area contributed by atoms with Gasteiger partial charge in [-0.15, -0.1) is 0 Å². The summed E-state index contributed by atoms with van der Waals surface area (Å²) >= 11 is 0. The van der Waals surface area contributed by atoms with Crippen LogP contribution >= 0.6 is 0 Å². The van der Waals surface area contributed by atoms with Gasteiger partial charge in [-0.05, 0) is 25.7 Å². The van der Waals surface area contributed by atoms with E-state index in [1.165, 1.54) is 12.4 Å². The van der Waals surface area contributed by atoms with Crippen molar-refractivity contribution in [2.75, 3.05) is 0 Å². The van der Waals surface area contributed by atoms with E-state index in [4.69, 9.17) is 0 Å². The minimum atomic E-state index is -3.05. The third kappa shape index (κ3) is 1.75. The summed E-state index contributed by atoms with van der Waals surface area (Å²) in [4.78, 5) is 8.11. The SMILES string of the molecule is O=S1(=O)C2CCCC1CC(O)(c1cnccn1)C2. The van der Waals surface area contributed by atoms with Crippen LogP contribution in [0.1, 0.15) is 37.8 Å². The molecule has 98 valence electrons. The Morgan fingerprint density at radius 3 is 2.44 bits per heavy atom. The van der Waals surface area contributed by atoms with Crippen LogP contribution in [0.25, 0.3) is 0 Å². The first-order valence-electron chi connectivity index (χ1n) is 6.24. The van der Waals surface area contributed by atoms with Gasteiger partial charge in [-0.25, -0.2) is 8.42 Å². The van der Waals surface area contributed by atoms with Gasteiger partial charge in [0.15, 0.2) is 9.84 Å². The highest BCUT2D eigenvalue weighted by Gasteiger charge is 2.51. The highest BCUT2D eigenvalue weighted by molar-refractivity contribution is 7.92. The minimum Gasteiger partial charge on any atom is -0.383 e. The zero-order chi connectivity index (χ0) is 12.8. The van der Waals surface area contributed by atoms with Crippen LogP contribution in [0.3, 0.4) is 0 Å². The van der Waals surface area contributed by atoms with Gasteiger partial charge in [0, 0.05) is 12.4 Å². The van der Waals surface area contributed by atoms with Crippen LogP contribution in [0.4, 0.5) is 0 Å². The Hall–Kier alpha value is -1.01. The van der Waals surface area contributed by atoms with Crippen molar-refractivity contribution in [2.24, 2.45) is 0 Å². The highest BCUT2D eigenvalue weighted by atomic mass is 32.2. The molecule has 0 aliphatic carbocycles. The quantitative estimate of drug-likeness (QED) is 0.814. The van der Waals surface area contributed by atoms with Crippen molar-refractivity contribution in [1.82, 2.24) is 9.97 Å². The number of hydrogen-bond donors (Lipinski definition) is 1. The lowest BCUT2D eigenvalue weighted by Gasteiger charge is -2.43. The largest absolute Gasteiger partial charge is 0.383 e. The van der Waals surface area contributed by atoms with Gasteiger partial charge in [0.1, 0.15) is 5.60 Å². The van der Waals surface area contributed by atoms with Gasteiger partial charge in [-0.3, -0.25) is 9.97 Å². The second-order valence-corrected chi connectivity index (χ2v) is 7.81. The van der Waals surface area contributed by atoms with E-state index in [1.54, 1.807) is 6.20 Å². The summed E-state index contributed by atoms with van der Waals surface area (Å²) in [7, 11) is -3.05. The molecule has 0 aromatic carbocycles. The summed E-state index contributed by atoms with van der Waals surface area (Å²) in [5.74, 6) is 0. The molecule has 5 nitrogen and oxygen atoms in total. The molecule has 2 fully saturated rings. The molecular weight excluding hydrogens is 252 g/mol. The molecular formula is C12H16N2O3S. The summed E-state index contributed by atoms with van der Waals surface area (Å²) in [5.41, 5.74) is -0.633. The van der Waals surface area contributed by atoms with E-state index < -0.39 is 25.9 Å². The first-order chi connectivity index (χ1) is 8.52. The van der Waals surface area contributed by atoms with Crippen molar-refractivity contribution in [3.63, 3.8) is 0 Å². The smallest absolute Gasteiger partial charge is 0.156 e. The number of aliphatic hydroxyl groups is 1. The Morgan fingerprint density at radius 2 is 1.89 bits per heavy atom. The average Bonchev–Trinajstić information content (AvgIpc) is 2.33. The number of fused-ring (bicyclic) bond motifs is 2. The first-order valence-corrected chi connectivity index (χ1v) is 7.85.